The normalized spacial score (nSPS) is 16.9. The molecule has 0 radical (unpaired) electrons. The number of fused-ring (bicyclic) bond motifs is 6. The summed E-state index contributed by atoms with van der Waals surface area (Å²) in [6, 6.07) is 29.9. The van der Waals surface area contributed by atoms with Crippen molar-refractivity contribution in [3.05, 3.63) is 136 Å². The van der Waals surface area contributed by atoms with Crippen LogP contribution in [0.3, 0.4) is 0 Å². The molecule has 0 spiro atoms. The molecule has 9 rings (SSSR count). The van der Waals surface area contributed by atoms with E-state index >= 15 is 0 Å². The van der Waals surface area contributed by atoms with Gasteiger partial charge in [-0.1, -0.05) is 48.5 Å². The van der Waals surface area contributed by atoms with Gasteiger partial charge in [-0.2, -0.15) is 12.6 Å². The van der Waals surface area contributed by atoms with Crippen molar-refractivity contribution in [3.8, 4) is 23.0 Å². The van der Waals surface area contributed by atoms with E-state index < -0.39 is 0 Å². The van der Waals surface area contributed by atoms with Gasteiger partial charge in [0.15, 0.2) is 23.0 Å². The van der Waals surface area contributed by atoms with Crippen molar-refractivity contribution in [1.82, 2.24) is 9.80 Å². The molecule has 5 aromatic rings. The molecule has 14 nitrogen and oxygen atoms in total. The number of aliphatic imine (C=N–C) groups is 1. The predicted molar refractivity (Wildman–Crippen MR) is 274 cm³/mol. The predicted octanol–water partition coefficient (Wildman–Crippen LogP) is 8.33. The van der Waals surface area contributed by atoms with Gasteiger partial charge in [0, 0.05) is 68.6 Å². The number of hydrogen-bond donors (Lipinski definition) is 2. The Kier molecular flexibility index (Phi) is 15.2. The molecule has 0 unspecified atom stereocenters. The molecule has 0 saturated carbocycles. The van der Waals surface area contributed by atoms with Crippen LogP contribution in [0.2, 0.25) is 0 Å². The fourth-order valence-electron chi connectivity index (χ4n) is 9.69. The van der Waals surface area contributed by atoms with Crippen LogP contribution in [0.5, 0.6) is 23.0 Å². The number of thiol groups is 1. The first kappa shape index (κ1) is 48.8. The van der Waals surface area contributed by atoms with Crippen LogP contribution in [0.1, 0.15) is 67.9 Å². The average Bonchev–Trinajstić information content (AvgIpc) is 3.58. The summed E-state index contributed by atoms with van der Waals surface area (Å²) in [4.78, 5) is 39.2. The number of benzene rings is 5. The topological polar surface area (TPSA) is 133 Å². The smallest absolute Gasteiger partial charge is 0.257 e. The second-order valence-electron chi connectivity index (χ2n) is 18.8. The number of amides is 2. The van der Waals surface area contributed by atoms with Crippen molar-refractivity contribution in [1.29, 1.82) is 0 Å². The van der Waals surface area contributed by atoms with Crippen molar-refractivity contribution in [2.45, 2.75) is 69.8 Å². The lowest BCUT2D eigenvalue weighted by atomic mass is 9.94. The molecule has 1 N–H and O–H groups in total. The zero-order valence-electron chi connectivity index (χ0n) is 40.7. The first-order valence-electron chi connectivity index (χ1n) is 24.0. The number of hydrogen-bond acceptors (Lipinski definition) is 13. The molecule has 0 aromatic heterocycles. The Bertz CT molecular complexity index is 2720. The molecule has 0 bridgehead atoms. The van der Waals surface area contributed by atoms with Gasteiger partial charge in [0.25, 0.3) is 11.8 Å². The highest BCUT2D eigenvalue weighted by Crippen LogP contribution is 2.41. The second kappa shape index (κ2) is 21.8. The minimum atomic E-state index is -0.354. The van der Waals surface area contributed by atoms with Crippen LogP contribution in [-0.2, 0) is 53.4 Å². The van der Waals surface area contributed by atoms with Gasteiger partial charge in [0.1, 0.15) is 13.2 Å². The van der Waals surface area contributed by atoms with Gasteiger partial charge in [-0.3, -0.25) is 14.6 Å². The zero-order valence-corrected chi connectivity index (χ0v) is 41.6. The lowest BCUT2D eigenvalue weighted by molar-refractivity contribution is 0.0264. The van der Waals surface area contributed by atoms with Crippen LogP contribution in [0.15, 0.2) is 96.0 Å². The van der Waals surface area contributed by atoms with Crippen molar-refractivity contribution in [2.75, 3.05) is 84.2 Å². The maximum Gasteiger partial charge on any atom is 0.257 e. The largest absolute Gasteiger partial charge is 0.493 e. The molecule has 0 aliphatic carbocycles. The van der Waals surface area contributed by atoms with Gasteiger partial charge in [0.2, 0.25) is 0 Å². The summed E-state index contributed by atoms with van der Waals surface area (Å²) in [7, 11) is 4.81. The molecule has 0 saturated heterocycles. The first-order chi connectivity index (χ1) is 34.0. The number of methoxy groups -OCH3 is 3. The molecule has 0 fully saturated rings. The number of anilines is 2. The van der Waals surface area contributed by atoms with E-state index in [2.05, 4.69) is 72.6 Å². The fraction of sp³-hybridized carbons (Fsp3) is 0.400. The molecule has 15 heteroatoms. The molecule has 4 heterocycles. The summed E-state index contributed by atoms with van der Waals surface area (Å²) in [6.45, 7) is 9.82. The van der Waals surface area contributed by atoms with Crippen molar-refractivity contribution >= 4 is 47.7 Å². The quantitative estimate of drug-likeness (QED) is 0.0577. The molecular weight excluding hydrogens is 907 g/mol. The van der Waals surface area contributed by atoms with E-state index in [0.717, 1.165) is 28.8 Å². The van der Waals surface area contributed by atoms with Crippen LogP contribution in [0, 0.1) is 0 Å². The maximum atomic E-state index is 14.2. The third kappa shape index (κ3) is 11.2. The minimum Gasteiger partial charge on any atom is -0.493 e. The summed E-state index contributed by atoms with van der Waals surface area (Å²) in [5, 5.41) is 3.56. The van der Waals surface area contributed by atoms with E-state index in [4.69, 9.17) is 50.8 Å². The summed E-state index contributed by atoms with van der Waals surface area (Å²) in [5.41, 5.74) is 9.74. The molecule has 2 amide bonds. The third-order valence-electron chi connectivity index (χ3n) is 13.2. The van der Waals surface area contributed by atoms with Crippen molar-refractivity contribution in [3.63, 3.8) is 0 Å². The Morgan fingerprint density at radius 2 is 1.27 bits per heavy atom. The molecular formula is C55H63N5O9S. The van der Waals surface area contributed by atoms with Gasteiger partial charge in [-0.25, -0.2) is 0 Å². The monoisotopic (exact) mass is 969 g/mol. The molecule has 4 aliphatic heterocycles. The Morgan fingerprint density at radius 3 is 1.93 bits per heavy atom. The fourth-order valence-corrected chi connectivity index (χ4v) is 9.86. The first-order valence-corrected chi connectivity index (χ1v) is 24.4. The molecule has 368 valence electrons. The molecule has 4 aliphatic rings. The van der Waals surface area contributed by atoms with Gasteiger partial charge < -0.3 is 53.2 Å². The number of carbonyl (C=O) groups excluding carboxylic acids is 2. The summed E-state index contributed by atoms with van der Waals surface area (Å²) in [6.07, 6.45) is 3.35. The SMILES string of the molecule is COCCOCCOCCN(CC(C)(C)S)c1cc(COc2cc3c(cc2OC)C(=O)N2Cc4ccccc4C[C@H]2C=N3)cc(COc2cc3c(cc2OC)C(=O)N2Cc4ccccc4C[C@H]2CN3)c1. The lowest BCUT2D eigenvalue weighted by Crippen LogP contribution is -2.45. The van der Waals surface area contributed by atoms with Crippen LogP contribution >= 0.6 is 12.6 Å². The maximum absolute atomic E-state index is 14.2. The second-order valence-corrected chi connectivity index (χ2v) is 20.0. The number of ether oxygens (including phenoxy) is 7. The Balaban J connectivity index is 0.978. The van der Waals surface area contributed by atoms with Gasteiger partial charge in [-0.15, -0.1) is 0 Å². The van der Waals surface area contributed by atoms with Crippen molar-refractivity contribution in [2.24, 2.45) is 4.99 Å². The number of carbonyl (C=O) groups is 2. The molecule has 70 heavy (non-hydrogen) atoms. The lowest BCUT2D eigenvalue weighted by Gasteiger charge is -2.35. The summed E-state index contributed by atoms with van der Waals surface area (Å²) >= 11 is 4.95. The average molecular weight is 970 g/mol. The summed E-state index contributed by atoms with van der Waals surface area (Å²) < 4.78 is 41.4. The van der Waals surface area contributed by atoms with Crippen LogP contribution < -0.4 is 29.2 Å². The Hall–Kier alpha value is -6.26. The van der Waals surface area contributed by atoms with E-state index in [-0.39, 0.29) is 41.9 Å². The third-order valence-corrected chi connectivity index (χ3v) is 13.3. The standard InChI is InChI=1S/C55H63N5O9S/c1-55(2,70)35-58(14-15-66-18-19-67-17-16-63-3)42-21-36(33-68-51-27-47-45(25-49(51)64-4)53(61)59-31-40-12-8-6-10-38(40)23-43(59)29-56-47)20-37(22-42)34-69-52-28-48-46(26-50(52)65-5)54(62)60-32-41-13-9-7-11-39(41)24-44(60)30-57-48/h6-13,20-22,25-29,43-44,57,70H,14-19,23-24,30-35H2,1-5H3/t43-,44-/m0/s1. The molecule has 2 atom stereocenters. The van der Waals surface area contributed by atoms with Gasteiger partial charge in [-0.05, 0) is 90.4 Å². The van der Waals surface area contributed by atoms with Crippen LogP contribution in [-0.4, -0.2) is 119 Å². The van der Waals surface area contributed by atoms with E-state index in [0.29, 0.717) is 118 Å². The zero-order chi connectivity index (χ0) is 48.8. The van der Waals surface area contributed by atoms with E-state index in [1.165, 1.54) is 16.7 Å². The van der Waals surface area contributed by atoms with Crippen molar-refractivity contribution < 1.29 is 42.7 Å². The van der Waals surface area contributed by atoms with E-state index in [1.807, 2.05) is 40.3 Å². The number of nitrogens with zero attached hydrogens (tertiary/aromatic N) is 4. The highest BCUT2D eigenvalue weighted by Gasteiger charge is 2.36. The number of nitrogens with one attached hydrogen (secondary N) is 1. The van der Waals surface area contributed by atoms with Gasteiger partial charge >= 0.3 is 0 Å². The van der Waals surface area contributed by atoms with E-state index in [9.17, 15) is 9.59 Å². The summed E-state index contributed by atoms with van der Waals surface area (Å²) in [5.74, 6) is 1.73. The minimum absolute atomic E-state index is 0.0140. The Labute approximate surface area is 416 Å². The van der Waals surface area contributed by atoms with Crippen LogP contribution in [0.4, 0.5) is 17.1 Å². The molecule has 5 aromatic carbocycles. The Morgan fingerprint density at radius 1 is 0.686 bits per heavy atom. The van der Waals surface area contributed by atoms with Crippen LogP contribution in [0.25, 0.3) is 0 Å². The highest BCUT2D eigenvalue weighted by molar-refractivity contribution is 7.81. The van der Waals surface area contributed by atoms with E-state index in [1.54, 1.807) is 39.5 Å². The van der Waals surface area contributed by atoms with Gasteiger partial charge in [0.05, 0.1) is 81.8 Å². The highest BCUT2D eigenvalue weighted by atomic mass is 32.1. The number of rotatable bonds is 20.